The molecule has 1 aromatic heterocycles. The molecule has 0 spiro atoms. The third-order valence-corrected chi connectivity index (χ3v) is 4.76. The molecule has 0 saturated heterocycles. The summed E-state index contributed by atoms with van der Waals surface area (Å²) in [5.41, 5.74) is 1.06. The first-order valence-corrected chi connectivity index (χ1v) is 7.38. The van der Waals surface area contributed by atoms with Crippen molar-refractivity contribution in [2.24, 2.45) is 0 Å². The highest BCUT2D eigenvalue weighted by atomic mass is 32.2. The Morgan fingerprint density at radius 3 is 2.14 bits per heavy atom. The number of rotatable bonds is 1. The lowest BCUT2D eigenvalue weighted by atomic mass is 9.92. The molecule has 0 aliphatic heterocycles. The normalized spacial score (nSPS) is 16.6. The van der Waals surface area contributed by atoms with E-state index in [1.807, 2.05) is 6.92 Å². The average molecular weight is 231 g/mol. The van der Waals surface area contributed by atoms with E-state index < -0.39 is 9.52 Å². The van der Waals surface area contributed by atoms with Gasteiger partial charge in [-0.2, -0.15) is 0 Å². The Hall–Kier alpha value is -0.350. The molecular formula is C10H17NOS2. The summed E-state index contributed by atoms with van der Waals surface area (Å²) in [4.78, 5) is 5.58. The summed E-state index contributed by atoms with van der Waals surface area (Å²) in [6.45, 7) is 8.35. The topological polar surface area (TPSA) is 30.0 Å². The van der Waals surface area contributed by atoms with Crippen LogP contribution in [0.4, 0.5) is 0 Å². The molecule has 1 atom stereocenters. The number of aryl methyl sites for hydroxylation is 1. The van der Waals surface area contributed by atoms with Crippen LogP contribution in [0.3, 0.4) is 0 Å². The van der Waals surface area contributed by atoms with Gasteiger partial charge in [0, 0.05) is 26.1 Å². The molecule has 4 heteroatoms. The van der Waals surface area contributed by atoms with Crippen molar-refractivity contribution >= 4 is 26.7 Å². The van der Waals surface area contributed by atoms with Gasteiger partial charge in [-0.15, -0.1) is 11.3 Å². The van der Waals surface area contributed by atoms with Crippen LogP contribution in [0.5, 0.6) is 0 Å². The lowest BCUT2D eigenvalue weighted by Crippen LogP contribution is -2.13. The van der Waals surface area contributed by atoms with E-state index in [0.717, 1.165) is 10.6 Å². The van der Waals surface area contributed by atoms with Crippen molar-refractivity contribution in [1.29, 1.82) is 0 Å². The largest absolute Gasteiger partial charge is 0.261 e. The Morgan fingerprint density at radius 1 is 1.43 bits per heavy atom. The number of aromatic nitrogens is 1. The third kappa shape index (κ3) is 2.36. The third-order valence-electron chi connectivity index (χ3n) is 1.86. The smallest absolute Gasteiger partial charge is 0.172 e. The highest BCUT2D eigenvalue weighted by Gasteiger charge is 2.22. The summed E-state index contributed by atoms with van der Waals surface area (Å²) in [7, 11) is -2.16. The first-order valence-electron chi connectivity index (χ1n) is 4.42. The minimum atomic E-state index is -2.16. The van der Waals surface area contributed by atoms with Gasteiger partial charge in [0.05, 0.1) is 5.69 Å². The summed E-state index contributed by atoms with van der Waals surface area (Å²) >= 11 is 1.50. The molecule has 1 rings (SSSR count). The van der Waals surface area contributed by atoms with Gasteiger partial charge in [0.1, 0.15) is 0 Å². The summed E-state index contributed by atoms with van der Waals surface area (Å²) in [6.07, 6.45) is 1.64. The monoisotopic (exact) mass is 231 g/mol. The predicted molar refractivity (Wildman–Crippen MR) is 65.0 cm³/mol. The van der Waals surface area contributed by atoms with Crippen LogP contribution in [0.2, 0.25) is 0 Å². The fraction of sp³-hybridized carbons (Fsp3) is 0.600. The summed E-state index contributed by atoms with van der Waals surface area (Å²) in [5.74, 6) is 3.65. The molecule has 1 heterocycles. The summed E-state index contributed by atoms with van der Waals surface area (Å²) in [5, 5.41) is 0. The van der Waals surface area contributed by atoms with Crippen molar-refractivity contribution in [3.63, 3.8) is 0 Å². The van der Waals surface area contributed by atoms with E-state index in [0.29, 0.717) is 4.34 Å². The Morgan fingerprint density at radius 2 is 1.93 bits per heavy atom. The maximum atomic E-state index is 11.7. The van der Waals surface area contributed by atoms with Gasteiger partial charge in [-0.25, -0.2) is 4.98 Å². The molecule has 2 nitrogen and oxygen atoms in total. The zero-order chi connectivity index (χ0) is 11.1. The highest BCUT2D eigenvalue weighted by Crippen LogP contribution is 2.30. The van der Waals surface area contributed by atoms with Gasteiger partial charge in [-0.05, 0) is 12.8 Å². The van der Waals surface area contributed by atoms with Gasteiger partial charge in [-0.1, -0.05) is 20.8 Å². The van der Waals surface area contributed by atoms with Gasteiger partial charge >= 0.3 is 0 Å². The lowest BCUT2D eigenvalue weighted by molar-refractivity contribution is 0.565. The van der Waals surface area contributed by atoms with Crippen molar-refractivity contribution in [2.45, 2.75) is 37.4 Å². The molecule has 0 amide bonds. The minimum Gasteiger partial charge on any atom is -0.261 e. The molecule has 0 saturated carbocycles. The molecule has 0 fully saturated rings. The van der Waals surface area contributed by atoms with Gasteiger partial charge in [0.15, 0.2) is 4.34 Å². The molecule has 0 bridgehead atoms. The second-order valence-corrected chi connectivity index (χ2v) is 8.50. The van der Waals surface area contributed by atoms with Crippen LogP contribution >= 0.6 is 11.3 Å². The van der Waals surface area contributed by atoms with Crippen LogP contribution in [-0.2, 0) is 14.9 Å². The molecular weight excluding hydrogens is 214 g/mol. The van der Waals surface area contributed by atoms with Crippen LogP contribution in [0.25, 0.3) is 0 Å². The Labute approximate surface area is 90.4 Å². The lowest BCUT2D eigenvalue weighted by Gasteiger charge is -2.16. The molecule has 0 aliphatic carbocycles. The van der Waals surface area contributed by atoms with Gasteiger partial charge < -0.3 is 0 Å². The van der Waals surface area contributed by atoms with E-state index in [1.54, 1.807) is 6.26 Å². The second kappa shape index (κ2) is 3.35. The van der Waals surface area contributed by atoms with Crippen LogP contribution in [-0.4, -0.2) is 21.3 Å². The van der Waals surface area contributed by atoms with Crippen LogP contribution < -0.4 is 0 Å². The molecule has 0 N–H and O–H groups in total. The Kier molecular flexibility index (Phi) is 2.80. The van der Waals surface area contributed by atoms with Gasteiger partial charge in [0.25, 0.3) is 0 Å². The Bertz CT molecular complexity index is 435. The number of thiazole rings is 1. The zero-order valence-corrected chi connectivity index (χ0v) is 11.0. The molecule has 0 radical (unpaired) electrons. The maximum absolute atomic E-state index is 11.7. The van der Waals surface area contributed by atoms with E-state index in [1.165, 1.54) is 11.3 Å². The SMILES string of the molecule is C=S(C)(=O)c1nc(C(C)(C)C)c(C)s1. The second-order valence-electron chi connectivity index (χ2n) is 4.64. The van der Waals surface area contributed by atoms with Crippen LogP contribution in [0.1, 0.15) is 31.3 Å². The number of hydrogen-bond acceptors (Lipinski definition) is 3. The quantitative estimate of drug-likeness (QED) is 0.695. The van der Waals surface area contributed by atoms with E-state index in [-0.39, 0.29) is 5.41 Å². The molecule has 0 aliphatic rings. The fourth-order valence-corrected chi connectivity index (χ4v) is 3.46. The Balaban J connectivity index is 3.33. The van der Waals surface area contributed by atoms with Crippen molar-refractivity contribution in [3.05, 3.63) is 10.6 Å². The predicted octanol–water partition coefficient (Wildman–Crippen LogP) is 2.45. The molecule has 1 unspecified atom stereocenters. The highest BCUT2D eigenvalue weighted by molar-refractivity contribution is 8.01. The first-order chi connectivity index (χ1) is 6.12. The molecule has 1 aromatic rings. The summed E-state index contributed by atoms with van der Waals surface area (Å²) < 4.78 is 12.4. The van der Waals surface area contributed by atoms with Crippen molar-refractivity contribution < 1.29 is 4.21 Å². The van der Waals surface area contributed by atoms with E-state index in [2.05, 4.69) is 31.6 Å². The van der Waals surface area contributed by atoms with E-state index >= 15 is 0 Å². The number of hydrogen-bond donors (Lipinski definition) is 0. The van der Waals surface area contributed by atoms with Crippen molar-refractivity contribution in [3.8, 4) is 0 Å². The van der Waals surface area contributed by atoms with Gasteiger partial charge in [-0.3, -0.25) is 4.21 Å². The summed E-state index contributed by atoms with van der Waals surface area (Å²) in [6, 6.07) is 0. The number of nitrogens with zero attached hydrogens (tertiary/aromatic N) is 1. The van der Waals surface area contributed by atoms with Crippen LogP contribution in [0.15, 0.2) is 4.34 Å². The van der Waals surface area contributed by atoms with E-state index in [4.69, 9.17) is 0 Å². The van der Waals surface area contributed by atoms with Crippen LogP contribution in [0, 0.1) is 6.92 Å². The first kappa shape index (κ1) is 11.7. The van der Waals surface area contributed by atoms with Crippen molar-refractivity contribution in [1.82, 2.24) is 4.98 Å². The van der Waals surface area contributed by atoms with Gasteiger partial charge in [0.2, 0.25) is 0 Å². The zero-order valence-electron chi connectivity index (χ0n) is 9.38. The standard InChI is InChI=1S/C10H17NOS2/c1-7-8(10(2,3)4)11-9(13-7)14(5,6)12/h5H2,1-4,6H3. The molecule has 0 aromatic carbocycles. The molecule has 80 valence electrons. The minimum absolute atomic E-state index is 0.0174. The maximum Gasteiger partial charge on any atom is 0.172 e. The molecule has 14 heavy (non-hydrogen) atoms. The average Bonchev–Trinajstić information content (AvgIpc) is 2.27. The van der Waals surface area contributed by atoms with E-state index in [9.17, 15) is 4.21 Å². The van der Waals surface area contributed by atoms with Crippen molar-refractivity contribution in [2.75, 3.05) is 6.26 Å². The fourth-order valence-electron chi connectivity index (χ4n) is 1.25.